The lowest BCUT2D eigenvalue weighted by Gasteiger charge is -2.18. The number of hydrogen-bond acceptors (Lipinski definition) is 4. The van der Waals surface area contributed by atoms with Crippen LogP contribution in [0.5, 0.6) is 0 Å². The molecule has 128 valence electrons. The number of nitrogens with zero attached hydrogens (tertiary/aromatic N) is 1. The van der Waals surface area contributed by atoms with Crippen LogP contribution in [0.1, 0.15) is 24.2 Å². The molecule has 0 atom stereocenters. The van der Waals surface area contributed by atoms with Gasteiger partial charge >= 0.3 is 5.97 Å². The fraction of sp³-hybridized carbons (Fsp3) is 0.278. The molecule has 0 unspecified atom stereocenters. The largest absolute Gasteiger partial charge is 0.465 e. The van der Waals surface area contributed by atoms with Gasteiger partial charge in [-0.05, 0) is 35.4 Å². The van der Waals surface area contributed by atoms with Crippen molar-refractivity contribution in [2.24, 2.45) is 0 Å². The predicted molar refractivity (Wildman–Crippen MR) is 93.3 cm³/mol. The average molecular weight is 347 g/mol. The fourth-order valence-electron chi connectivity index (χ4n) is 2.45. The molecular weight excluding hydrogens is 326 g/mol. The lowest BCUT2D eigenvalue weighted by molar-refractivity contribution is 0.0600. The Hall–Kier alpha value is -2.18. The quantitative estimate of drug-likeness (QED) is 0.753. The van der Waals surface area contributed by atoms with Crippen LogP contribution in [-0.4, -0.2) is 38.9 Å². The molecule has 0 aliphatic heterocycles. The number of esters is 1. The van der Waals surface area contributed by atoms with Crippen molar-refractivity contribution < 1.29 is 17.9 Å². The standard InChI is InChI=1S/C18H21NO4S/c1-4-19(5-2)24(21,22)17-12-10-15(11-13-17)14-6-8-16(9-7-14)18(20)23-3/h6-13H,4-5H2,1-3H3. The van der Waals surface area contributed by atoms with Gasteiger partial charge in [-0.1, -0.05) is 38.1 Å². The van der Waals surface area contributed by atoms with Gasteiger partial charge in [-0.3, -0.25) is 0 Å². The average Bonchev–Trinajstić information content (AvgIpc) is 2.62. The summed E-state index contributed by atoms with van der Waals surface area (Å²) in [6.45, 7) is 4.52. The maximum atomic E-state index is 12.5. The van der Waals surface area contributed by atoms with Crippen molar-refractivity contribution in [1.82, 2.24) is 4.31 Å². The minimum Gasteiger partial charge on any atom is -0.465 e. The molecule has 0 saturated carbocycles. The summed E-state index contributed by atoms with van der Waals surface area (Å²) in [7, 11) is -2.11. The van der Waals surface area contributed by atoms with Gasteiger partial charge in [-0.2, -0.15) is 4.31 Å². The Morgan fingerprint density at radius 3 is 1.79 bits per heavy atom. The first-order valence-corrected chi connectivity index (χ1v) is 9.17. The molecule has 0 saturated heterocycles. The summed E-state index contributed by atoms with van der Waals surface area (Å²) in [6.07, 6.45) is 0. The van der Waals surface area contributed by atoms with Crippen LogP contribution in [0.15, 0.2) is 53.4 Å². The summed E-state index contributed by atoms with van der Waals surface area (Å²) in [5, 5.41) is 0. The fourth-order valence-corrected chi connectivity index (χ4v) is 3.91. The van der Waals surface area contributed by atoms with Gasteiger partial charge in [0.05, 0.1) is 17.6 Å². The minimum absolute atomic E-state index is 0.279. The summed E-state index contributed by atoms with van der Waals surface area (Å²) in [5.74, 6) is -0.387. The van der Waals surface area contributed by atoms with Crippen LogP contribution in [0.3, 0.4) is 0 Å². The molecule has 6 heteroatoms. The Labute approximate surface area is 142 Å². The van der Waals surface area contributed by atoms with Crippen molar-refractivity contribution in [2.75, 3.05) is 20.2 Å². The maximum Gasteiger partial charge on any atom is 0.337 e. The third kappa shape index (κ3) is 3.66. The Balaban J connectivity index is 2.28. The topological polar surface area (TPSA) is 63.7 Å². The highest BCUT2D eigenvalue weighted by molar-refractivity contribution is 7.89. The van der Waals surface area contributed by atoms with Crippen LogP contribution in [-0.2, 0) is 14.8 Å². The van der Waals surface area contributed by atoms with E-state index in [4.69, 9.17) is 0 Å². The minimum atomic E-state index is -3.45. The zero-order chi connectivity index (χ0) is 17.7. The van der Waals surface area contributed by atoms with Crippen molar-refractivity contribution in [3.8, 4) is 11.1 Å². The smallest absolute Gasteiger partial charge is 0.337 e. The van der Waals surface area contributed by atoms with E-state index in [0.29, 0.717) is 18.7 Å². The lowest BCUT2D eigenvalue weighted by atomic mass is 10.0. The second-order valence-corrected chi connectivity index (χ2v) is 7.12. The summed E-state index contributed by atoms with van der Waals surface area (Å²) in [4.78, 5) is 11.7. The Morgan fingerprint density at radius 1 is 0.917 bits per heavy atom. The van der Waals surface area contributed by atoms with Gasteiger partial charge in [-0.25, -0.2) is 13.2 Å². The number of ether oxygens (including phenoxy) is 1. The molecule has 0 bridgehead atoms. The van der Waals surface area contributed by atoms with E-state index in [1.54, 1.807) is 48.5 Å². The molecule has 0 aromatic heterocycles. The molecule has 0 amide bonds. The Kier molecular flexibility index (Phi) is 5.75. The number of hydrogen-bond donors (Lipinski definition) is 0. The van der Waals surface area contributed by atoms with E-state index in [2.05, 4.69) is 4.74 Å². The Bertz CT molecular complexity index is 792. The predicted octanol–water partition coefficient (Wildman–Crippen LogP) is 3.17. The lowest BCUT2D eigenvalue weighted by Crippen LogP contribution is -2.30. The van der Waals surface area contributed by atoms with Gasteiger partial charge in [0.2, 0.25) is 10.0 Å². The first-order chi connectivity index (χ1) is 11.4. The van der Waals surface area contributed by atoms with Crippen LogP contribution in [0, 0.1) is 0 Å². The van der Waals surface area contributed by atoms with E-state index in [1.807, 2.05) is 13.8 Å². The Morgan fingerprint density at radius 2 is 1.38 bits per heavy atom. The number of carbonyl (C=O) groups excluding carboxylic acids is 1. The molecule has 2 aromatic carbocycles. The zero-order valence-electron chi connectivity index (χ0n) is 14.0. The van der Waals surface area contributed by atoms with Gasteiger partial charge in [-0.15, -0.1) is 0 Å². The van der Waals surface area contributed by atoms with Crippen LogP contribution in [0.4, 0.5) is 0 Å². The van der Waals surface area contributed by atoms with Gasteiger partial charge in [0, 0.05) is 13.1 Å². The molecule has 0 spiro atoms. The van der Waals surface area contributed by atoms with Gasteiger partial charge < -0.3 is 4.74 Å². The van der Waals surface area contributed by atoms with Crippen molar-refractivity contribution in [1.29, 1.82) is 0 Å². The van der Waals surface area contributed by atoms with Crippen LogP contribution in [0.2, 0.25) is 0 Å². The van der Waals surface area contributed by atoms with Crippen molar-refractivity contribution in [3.63, 3.8) is 0 Å². The van der Waals surface area contributed by atoms with Gasteiger partial charge in [0.25, 0.3) is 0 Å². The monoisotopic (exact) mass is 347 g/mol. The van der Waals surface area contributed by atoms with Crippen molar-refractivity contribution in [3.05, 3.63) is 54.1 Å². The molecule has 0 heterocycles. The number of carbonyl (C=O) groups is 1. The summed E-state index contributed by atoms with van der Waals surface area (Å²) in [5.41, 5.74) is 2.25. The molecule has 5 nitrogen and oxygen atoms in total. The second kappa shape index (κ2) is 7.59. The zero-order valence-corrected chi connectivity index (χ0v) is 14.8. The first-order valence-electron chi connectivity index (χ1n) is 7.73. The molecule has 0 fully saturated rings. The molecular formula is C18H21NO4S. The molecule has 0 aliphatic rings. The highest BCUT2D eigenvalue weighted by Crippen LogP contribution is 2.23. The molecule has 0 radical (unpaired) electrons. The van der Waals surface area contributed by atoms with Crippen molar-refractivity contribution >= 4 is 16.0 Å². The van der Waals surface area contributed by atoms with Crippen molar-refractivity contribution in [2.45, 2.75) is 18.7 Å². The van der Waals surface area contributed by atoms with Gasteiger partial charge in [0.1, 0.15) is 0 Å². The molecule has 24 heavy (non-hydrogen) atoms. The number of rotatable bonds is 6. The van der Waals surface area contributed by atoms with E-state index in [9.17, 15) is 13.2 Å². The maximum absolute atomic E-state index is 12.5. The summed E-state index contributed by atoms with van der Waals surface area (Å²) < 4.78 is 31.0. The highest BCUT2D eigenvalue weighted by atomic mass is 32.2. The van der Waals surface area contributed by atoms with E-state index in [-0.39, 0.29) is 10.9 Å². The van der Waals surface area contributed by atoms with E-state index < -0.39 is 10.0 Å². The highest BCUT2D eigenvalue weighted by Gasteiger charge is 2.21. The van der Waals surface area contributed by atoms with E-state index >= 15 is 0 Å². The number of methoxy groups -OCH3 is 1. The first kappa shape index (κ1) is 18.2. The third-order valence-electron chi connectivity index (χ3n) is 3.84. The molecule has 0 aliphatic carbocycles. The number of sulfonamides is 1. The second-order valence-electron chi connectivity index (χ2n) is 5.18. The SMILES string of the molecule is CCN(CC)S(=O)(=O)c1ccc(-c2ccc(C(=O)OC)cc2)cc1. The summed E-state index contributed by atoms with van der Waals surface area (Å²) in [6, 6.07) is 13.7. The van der Waals surface area contributed by atoms with Gasteiger partial charge in [0.15, 0.2) is 0 Å². The van der Waals surface area contributed by atoms with Crippen LogP contribution in [0.25, 0.3) is 11.1 Å². The normalized spacial score (nSPS) is 11.5. The van der Waals surface area contributed by atoms with E-state index in [0.717, 1.165) is 11.1 Å². The summed E-state index contributed by atoms with van der Waals surface area (Å²) >= 11 is 0. The van der Waals surface area contributed by atoms with Crippen LogP contribution < -0.4 is 0 Å². The third-order valence-corrected chi connectivity index (χ3v) is 5.90. The molecule has 2 rings (SSSR count). The van der Waals surface area contributed by atoms with Crippen LogP contribution >= 0.6 is 0 Å². The number of benzene rings is 2. The molecule has 2 aromatic rings. The molecule has 0 N–H and O–H groups in total. The van der Waals surface area contributed by atoms with E-state index in [1.165, 1.54) is 11.4 Å².